The lowest BCUT2D eigenvalue weighted by molar-refractivity contribution is 0.555. The number of oxazole rings is 1. The van der Waals surface area contributed by atoms with E-state index >= 15 is 0 Å². The first-order chi connectivity index (χ1) is 7.53. The lowest BCUT2D eigenvalue weighted by atomic mass is 10.3. The number of sulfone groups is 1. The van der Waals surface area contributed by atoms with Crippen molar-refractivity contribution in [2.24, 2.45) is 0 Å². The van der Waals surface area contributed by atoms with Gasteiger partial charge in [0.2, 0.25) is 0 Å². The van der Waals surface area contributed by atoms with Crippen LogP contribution in [0.4, 0.5) is 0 Å². The molecule has 1 heterocycles. The lowest BCUT2D eigenvalue weighted by Crippen LogP contribution is -2.04. The predicted molar refractivity (Wildman–Crippen MR) is 54.5 cm³/mol. The second kappa shape index (κ2) is 3.50. The van der Waals surface area contributed by atoms with E-state index in [0.717, 1.165) is 0 Å². The predicted octanol–water partition coefficient (Wildman–Crippen LogP) is 0.418. The Labute approximate surface area is 90.0 Å². The van der Waals surface area contributed by atoms with Crippen LogP contribution in [0.25, 0.3) is 11.1 Å². The maximum absolute atomic E-state index is 11.5. The summed E-state index contributed by atoms with van der Waals surface area (Å²) in [5.41, 5.74) is 0.574. The molecule has 1 aromatic carbocycles. The van der Waals surface area contributed by atoms with E-state index in [9.17, 15) is 13.2 Å². The average molecular weight is 238 g/mol. The van der Waals surface area contributed by atoms with Crippen LogP contribution in [0, 0.1) is 11.3 Å². The Kier molecular flexibility index (Phi) is 2.29. The van der Waals surface area contributed by atoms with E-state index in [2.05, 4.69) is 4.98 Å². The van der Waals surface area contributed by atoms with Crippen molar-refractivity contribution in [1.29, 1.82) is 5.26 Å². The van der Waals surface area contributed by atoms with Gasteiger partial charge in [0.15, 0.2) is 15.4 Å². The molecule has 0 saturated heterocycles. The van der Waals surface area contributed by atoms with Gasteiger partial charge in [-0.25, -0.2) is 13.2 Å². The Morgan fingerprint density at radius 1 is 1.44 bits per heavy atom. The van der Waals surface area contributed by atoms with E-state index in [1.165, 1.54) is 18.2 Å². The van der Waals surface area contributed by atoms with Crippen molar-refractivity contribution in [3.63, 3.8) is 0 Å². The minimum Gasteiger partial charge on any atom is -0.408 e. The largest absolute Gasteiger partial charge is 0.417 e. The summed E-state index contributed by atoms with van der Waals surface area (Å²) in [5.74, 6) is -1.24. The molecule has 16 heavy (non-hydrogen) atoms. The van der Waals surface area contributed by atoms with Crippen molar-refractivity contribution in [1.82, 2.24) is 4.98 Å². The quantitative estimate of drug-likeness (QED) is 0.816. The summed E-state index contributed by atoms with van der Waals surface area (Å²) in [6.45, 7) is 0. The van der Waals surface area contributed by atoms with Crippen molar-refractivity contribution < 1.29 is 12.8 Å². The first-order valence-corrected chi connectivity index (χ1v) is 5.91. The third kappa shape index (κ3) is 1.70. The molecule has 0 aliphatic rings. The summed E-state index contributed by atoms with van der Waals surface area (Å²) >= 11 is 0. The minimum atomic E-state index is -3.62. The molecule has 1 aromatic heterocycles. The molecule has 1 N–H and O–H groups in total. The fourth-order valence-electron chi connectivity index (χ4n) is 1.29. The number of hydrogen-bond acceptors (Lipinski definition) is 5. The average Bonchev–Trinajstić information content (AvgIpc) is 2.56. The third-order valence-corrected chi connectivity index (χ3v) is 3.49. The maximum atomic E-state index is 11.5. The minimum absolute atomic E-state index is 0.0152. The third-order valence-electron chi connectivity index (χ3n) is 2.00. The standard InChI is InChI=1S/C9H6N2O4S/c10-3-4-16(13,14)6-1-2-8-7(5-6)11-9(12)15-8/h1-2,5H,4H2,(H,11,12). The first kappa shape index (κ1) is 10.4. The zero-order chi connectivity index (χ0) is 11.8. The van der Waals surface area contributed by atoms with Gasteiger partial charge in [0, 0.05) is 0 Å². The maximum Gasteiger partial charge on any atom is 0.417 e. The fraction of sp³-hybridized carbons (Fsp3) is 0.111. The van der Waals surface area contributed by atoms with Gasteiger partial charge in [0.05, 0.1) is 16.5 Å². The molecule has 6 nitrogen and oxygen atoms in total. The van der Waals surface area contributed by atoms with Gasteiger partial charge in [0.1, 0.15) is 5.75 Å². The van der Waals surface area contributed by atoms with E-state index in [1.807, 2.05) is 0 Å². The molecule has 0 unspecified atom stereocenters. The van der Waals surface area contributed by atoms with E-state index in [-0.39, 0.29) is 10.5 Å². The second-order valence-corrected chi connectivity index (χ2v) is 5.08. The molecule has 0 spiro atoms. The number of fused-ring (bicyclic) bond motifs is 1. The van der Waals surface area contributed by atoms with Crippen LogP contribution in [0.2, 0.25) is 0 Å². The molecule has 7 heteroatoms. The van der Waals surface area contributed by atoms with Crippen LogP contribution in [0.3, 0.4) is 0 Å². The van der Waals surface area contributed by atoms with Crippen molar-refractivity contribution in [2.45, 2.75) is 4.90 Å². The van der Waals surface area contributed by atoms with Crippen LogP contribution in [0.1, 0.15) is 0 Å². The van der Waals surface area contributed by atoms with Crippen molar-refractivity contribution >= 4 is 20.9 Å². The molecule has 0 aliphatic heterocycles. The highest BCUT2D eigenvalue weighted by molar-refractivity contribution is 7.91. The van der Waals surface area contributed by atoms with Gasteiger partial charge in [-0.1, -0.05) is 0 Å². The van der Waals surface area contributed by atoms with Crippen LogP contribution in [0.5, 0.6) is 0 Å². The van der Waals surface area contributed by atoms with Gasteiger partial charge in [-0.15, -0.1) is 0 Å². The Morgan fingerprint density at radius 2 is 2.19 bits per heavy atom. The number of nitriles is 1. The molecule has 2 aromatic rings. The lowest BCUT2D eigenvalue weighted by Gasteiger charge is -1.98. The molecule has 0 radical (unpaired) electrons. The molecule has 0 atom stereocenters. The van der Waals surface area contributed by atoms with Crippen LogP contribution >= 0.6 is 0 Å². The number of rotatable bonds is 2. The van der Waals surface area contributed by atoms with Gasteiger partial charge >= 0.3 is 5.76 Å². The van der Waals surface area contributed by atoms with Gasteiger partial charge < -0.3 is 4.42 Å². The van der Waals surface area contributed by atoms with Crippen LogP contribution < -0.4 is 5.76 Å². The molecule has 2 rings (SSSR count). The molecule has 0 amide bonds. The van der Waals surface area contributed by atoms with Crippen LogP contribution in [-0.4, -0.2) is 19.2 Å². The Balaban J connectivity index is 2.64. The van der Waals surface area contributed by atoms with Gasteiger partial charge in [-0.05, 0) is 18.2 Å². The normalized spacial score (nSPS) is 11.4. The van der Waals surface area contributed by atoms with Crippen molar-refractivity contribution in [3.8, 4) is 6.07 Å². The van der Waals surface area contributed by atoms with E-state index in [4.69, 9.17) is 9.68 Å². The van der Waals surface area contributed by atoms with Crippen LogP contribution in [-0.2, 0) is 9.84 Å². The number of nitrogens with one attached hydrogen (secondary N) is 1. The molecular formula is C9H6N2O4S. The summed E-state index contributed by atoms with van der Waals surface area (Å²) < 4.78 is 27.8. The summed E-state index contributed by atoms with van der Waals surface area (Å²) in [5, 5.41) is 8.38. The molecule has 0 bridgehead atoms. The first-order valence-electron chi connectivity index (χ1n) is 4.25. The summed E-state index contributed by atoms with van der Waals surface area (Å²) in [6, 6.07) is 5.52. The monoisotopic (exact) mass is 238 g/mol. The highest BCUT2D eigenvalue weighted by atomic mass is 32.2. The number of H-pyrrole nitrogens is 1. The van der Waals surface area contributed by atoms with Crippen LogP contribution in [0.15, 0.2) is 32.3 Å². The molecule has 0 aliphatic carbocycles. The van der Waals surface area contributed by atoms with E-state index in [1.54, 1.807) is 6.07 Å². The zero-order valence-electron chi connectivity index (χ0n) is 7.93. The zero-order valence-corrected chi connectivity index (χ0v) is 8.74. The SMILES string of the molecule is N#CCS(=O)(=O)c1ccc2oc(=O)[nH]c2c1. The highest BCUT2D eigenvalue weighted by Crippen LogP contribution is 2.17. The van der Waals surface area contributed by atoms with Gasteiger partial charge in [-0.2, -0.15) is 5.26 Å². The van der Waals surface area contributed by atoms with E-state index < -0.39 is 21.3 Å². The highest BCUT2D eigenvalue weighted by Gasteiger charge is 2.15. The molecule has 0 saturated carbocycles. The van der Waals surface area contributed by atoms with Gasteiger partial charge in [0.25, 0.3) is 0 Å². The smallest absolute Gasteiger partial charge is 0.408 e. The number of nitrogens with zero attached hydrogens (tertiary/aromatic N) is 1. The van der Waals surface area contributed by atoms with Crippen molar-refractivity contribution in [3.05, 3.63) is 28.7 Å². The summed E-state index contributed by atoms with van der Waals surface area (Å²) in [6.07, 6.45) is 0. The number of aromatic nitrogens is 1. The number of hydrogen-bond donors (Lipinski definition) is 1. The molecule has 82 valence electrons. The molecule has 0 fully saturated rings. The topological polar surface area (TPSA) is 104 Å². The van der Waals surface area contributed by atoms with E-state index in [0.29, 0.717) is 5.52 Å². The second-order valence-electron chi connectivity index (χ2n) is 3.09. The number of aromatic amines is 1. The van der Waals surface area contributed by atoms with Crippen molar-refractivity contribution in [2.75, 3.05) is 5.75 Å². The Morgan fingerprint density at radius 3 is 2.88 bits per heavy atom. The summed E-state index contributed by atoms with van der Waals surface area (Å²) in [7, 11) is -3.62. The van der Waals surface area contributed by atoms with Gasteiger partial charge in [-0.3, -0.25) is 4.98 Å². The Bertz CT molecular complexity index is 733. The fourth-order valence-corrected chi connectivity index (χ4v) is 2.20. The molecular weight excluding hydrogens is 232 g/mol. The Hall–Kier alpha value is -2.07. The number of benzene rings is 1. The summed E-state index contributed by atoms with van der Waals surface area (Å²) in [4.78, 5) is 13.2.